The molecule has 0 unspecified atom stereocenters. The molecular weight excluding hydrogens is 488 g/mol. The van der Waals surface area contributed by atoms with Gasteiger partial charge in [0.25, 0.3) is 0 Å². The Bertz CT molecular complexity index is 684. The maximum Gasteiger partial charge on any atom is 0.00388 e. The van der Waals surface area contributed by atoms with Crippen molar-refractivity contribution in [1.29, 1.82) is 0 Å². The summed E-state index contributed by atoms with van der Waals surface area (Å²) in [7, 11) is 1.82. The van der Waals surface area contributed by atoms with Gasteiger partial charge in [0.15, 0.2) is 0 Å². The fraction of sp³-hybridized carbons (Fsp3) is 0.467. The Balaban J connectivity index is 0.000000326. The molecule has 130 valence electrons. The second kappa shape index (κ2) is 7.58. The molecule has 1 aromatic heterocycles. The summed E-state index contributed by atoms with van der Waals surface area (Å²) in [5.41, 5.74) is 5.53. The van der Waals surface area contributed by atoms with Crippen LogP contribution < -0.4 is 5.73 Å². The third-order valence-electron chi connectivity index (χ3n) is 3.58. The van der Waals surface area contributed by atoms with Crippen molar-refractivity contribution in [1.82, 2.24) is 14.8 Å². The molecule has 1 aliphatic carbocycles. The number of rotatable bonds is 2. The first-order chi connectivity index (χ1) is 10.8. The van der Waals surface area contributed by atoms with Gasteiger partial charge in [0.1, 0.15) is 0 Å². The SMILES string of the molecule is Cn1[nH]c(Cc2ccc(C(F)(F)F)cc2)n[c]1=[Pt].NC1CCC1. The Morgan fingerprint density at radius 2 is 1.87 bits per heavy atom. The van der Waals surface area contributed by atoms with Crippen LogP contribution in [-0.2, 0) is 39.0 Å². The summed E-state index contributed by atoms with van der Waals surface area (Å²) in [6.45, 7) is 0. The Labute approximate surface area is 143 Å². The summed E-state index contributed by atoms with van der Waals surface area (Å²) in [5.74, 6) is 0.724. The molecular formula is C15H19F3N4Pt. The van der Waals surface area contributed by atoms with Gasteiger partial charge in [-0.15, -0.1) is 0 Å². The van der Waals surface area contributed by atoms with E-state index in [0.29, 0.717) is 12.5 Å². The van der Waals surface area contributed by atoms with Gasteiger partial charge in [-0.3, -0.25) is 0 Å². The van der Waals surface area contributed by atoms with E-state index in [1.807, 2.05) is 7.05 Å². The summed E-state index contributed by atoms with van der Waals surface area (Å²) >= 11 is 2.06. The molecule has 0 radical (unpaired) electrons. The number of aromatic nitrogens is 3. The van der Waals surface area contributed by atoms with Gasteiger partial charge in [-0.1, -0.05) is 6.42 Å². The average molecular weight is 507 g/mol. The third-order valence-corrected chi connectivity index (χ3v) is 4.59. The smallest absolute Gasteiger partial charge is 0.00388 e. The molecule has 4 nitrogen and oxygen atoms in total. The monoisotopic (exact) mass is 507 g/mol. The largest absolute Gasteiger partial charge is 0.328 e. The van der Waals surface area contributed by atoms with Crippen LogP contribution in [0.3, 0.4) is 0 Å². The summed E-state index contributed by atoms with van der Waals surface area (Å²) in [6, 6.07) is 5.68. The summed E-state index contributed by atoms with van der Waals surface area (Å²) < 4.78 is 39.7. The van der Waals surface area contributed by atoms with Gasteiger partial charge in [-0.2, -0.15) is 0 Å². The van der Waals surface area contributed by atoms with E-state index in [1.165, 1.54) is 31.4 Å². The number of alkyl halides is 3. The van der Waals surface area contributed by atoms with Crippen molar-refractivity contribution in [2.45, 2.75) is 37.9 Å². The minimum absolute atomic E-state index is 0.481. The van der Waals surface area contributed by atoms with Gasteiger partial charge in [-0.05, 0) is 12.8 Å². The predicted octanol–water partition coefficient (Wildman–Crippen LogP) is 2.93. The minimum Gasteiger partial charge on any atom is -0.328 e. The second-order valence-electron chi connectivity index (χ2n) is 5.53. The number of nitrogens with one attached hydrogen (secondary N) is 1. The minimum atomic E-state index is -4.29. The van der Waals surface area contributed by atoms with E-state index in [9.17, 15) is 13.2 Å². The van der Waals surface area contributed by atoms with E-state index in [-0.39, 0.29) is 0 Å². The number of aromatic amines is 1. The number of H-pyrrole nitrogens is 1. The fourth-order valence-electron chi connectivity index (χ4n) is 1.96. The molecule has 23 heavy (non-hydrogen) atoms. The average Bonchev–Trinajstić information content (AvgIpc) is 2.75. The van der Waals surface area contributed by atoms with Crippen LogP contribution in [0.1, 0.15) is 36.2 Å². The van der Waals surface area contributed by atoms with E-state index in [2.05, 4.69) is 29.4 Å². The van der Waals surface area contributed by atoms with E-state index in [0.717, 1.165) is 27.3 Å². The number of benzene rings is 1. The standard InChI is InChI=1S/C11H10F3N3.C4H9N.Pt/c1-17-7-15-10(16-17)6-8-2-4-9(5-3-8)11(12,13)14;5-4-2-1-3-4;/h2-5H,6H2,1H3,(H,15,16);4H,1-3,5H2;. The predicted molar refractivity (Wildman–Crippen MR) is 76.9 cm³/mol. The van der Waals surface area contributed by atoms with Crippen LogP contribution in [0.5, 0.6) is 0 Å². The zero-order valence-corrected chi connectivity index (χ0v) is 14.9. The van der Waals surface area contributed by atoms with Crippen molar-refractivity contribution >= 4 is 0 Å². The van der Waals surface area contributed by atoms with Crippen LogP contribution in [-0.4, -0.2) is 20.8 Å². The molecule has 3 N–H and O–H groups in total. The van der Waals surface area contributed by atoms with Crippen molar-refractivity contribution in [2.24, 2.45) is 12.8 Å². The van der Waals surface area contributed by atoms with Crippen LogP contribution in [0, 0.1) is 3.80 Å². The third kappa shape index (κ3) is 5.43. The molecule has 1 aromatic carbocycles. The Hall–Kier alpha value is -1.20. The molecule has 0 atom stereocenters. The molecule has 1 aliphatic rings. The molecule has 0 saturated heterocycles. The first-order valence-corrected chi connectivity index (χ1v) is 8.38. The van der Waals surface area contributed by atoms with Gasteiger partial charge in [0.05, 0.1) is 0 Å². The van der Waals surface area contributed by atoms with E-state index in [1.54, 1.807) is 4.68 Å². The molecule has 0 aliphatic heterocycles. The Kier molecular flexibility index (Phi) is 5.98. The molecule has 1 heterocycles. The molecule has 1 saturated carbocycles. The number of hydrogen-bond donors (Lipinski definition) is 2. The van der Waals surface area contributed by atoms with Gasteiger partial charge in [-0.25, -0.2) is 0 Å². The van der Waals surface area contributed by atoms with E-state index in [4.69, 9.17) is 5.73 Å². The number of nitrogens with zero attached hydrogens (tertiary/aromatic N) is 2. The summed E-state index contributed by atoms with van der Waals surface area (Å²) in [5, 5.41) is 3.01. The second-order valence-corrected chi connectivity index (χ2v) is 6.55. The van der Waals surface area contributed by atoms with Crippen molar-refractivity contribution in [3.05, 3.63) is 45.0 Å². The van der Waals surface area contributed by atoms with Crippen LogP contribution in [0.15, 0.2) is 24.3 Å². The molecule has 0 spiro atoms. The zero-order chi connectivity index (χ0) is 17.0. The first-order valence-electron chi connectivity index (χ1n) is 7.25. The Morgan fingerprint density at radius 3 is 2.22 bits per heavy atom. The molecule has 3 rings (SSSR count). The van der Waals surface area contributed by atoms with Gasteiger partial charge < -0.3 is 5.73 Å². The first kappa shape index (κ1) is 18.1. The Morgan fingerprint density at radius 1 is 1.30 bits per heavy atom. The maximum atomic E-state index is 12.4. The van der Waals surface area contributed by atoms with Crippen LogP contribution in [0.25, 0.3) is 0 Å². The maximum absolute atomic E-state index is 12.4. The zero-order valence-electron chi connectivity index (χ0n) is 12.6. The molecule has 0 amide bonds. The number of nitrogens with two attached hydrogens (primary N) is 1. The van der Waals surface area contributed by atoms with Crippen LogP contribution >= 0.6 is 0 Å². The normalized spacial score (nSPS) is 14.9. The fourth-order valence-corrected chi connectivity index (χ4v) is 2.40. The van der Waals surface area contributed by atoms with E-state index < -0.39 is 11.7 Å². The summed E-state index contributed by atoms with van der Waals surface area (Å²) in [4.78, 5) is 4.25. The van der Waals surface area contributed by atoms with E-state index >= 15 is 0 Å². The summed E-state index contributed by atoms with van der Waals surface area (Å²) in [6.07, 6.45) is 0.0849. The number of hydrogen-bond acceptors (Lipinski definition) is 2. The van der Waals surface area contributed by atoms with Crippen molar-refractivity contribution in [2.75, 3.05) is 0 Å². The van der Waals surface area contributed by atoms with Crippen LogP contribution in [0.2, 0.25) is 0 Å². The number of halogens is 3. The van der Waals surface area contributed by atoms with Gasteiger partial charge >= 0.3 is 112 Å². The van der Waals surface area contributed by atoms with Crippen molar-refractivity contribution < 1.29 is 32.5 Å². The van der Waals surface area contributed by atoms with Crippen LogP contribution in [0.4, 0.5) is 13.2 Å². The number of aryl methyl sites for hydroxylation is 1. The van der Waals surface area contributed by atoms with Gasteiger partial charge in [0.2, 0.25) is 0 Å². The van der Waals surface area contributed by atoms with Crippen molar-refractivity contribution in [3.8, 4) is 0 Å². The van der Waals surface area contributed by atoms with Crippen molar-refractivity contribution in [3.63, 3.8) is 0 Å². The molecule has 1 fully saturated rings. The molecule has 0 bridgehead atoms. The molecule has 8 heteroatoms. The molecule has 2 aromatic rings. The van der Waals surface area contributed by atoms with Gasteiger partial charge in [0, 0.05) is 6.04 Å². The topological polar surface area (TPSA) is 59.6 Å². The quantitative estimate of drug-likeness (QED) is 0.657.